The van der Waals surface area contributed by atoms with Crippen LogP contribution in [0.5, 0.6) is 0 Å². The van der Waals surface area contributed by atoms with Gasteiger partial charge in [0.25, 0.3) is 0 Å². The smallest absolute Gasteiger partial charge is 0.119 e. The fourth-order valence-electron chi connectivity index (χ4n) is 1.74. The molecule has 2 rings (SSSR count). The number of hydrogen-bond donors (Lipinski definition) is 2. The Bertz CT molecular complexity index is 299. The van der Waals surface area contributed by atoms with Crippen LogP contribution in [0, 0.1) is 0 Å². The molecule has 7 heteroatoms. The van der Waals surface area contributed by atoms with E-state index in [0.717, 1.165) is 26.2 Å². The van der Waals surface area contributed by atoms with Crippen LogP contribution in [0.1, 0.15) is 29.6 Å². The summed E-state index contributed by atoms with van der Waals surface area (Å²) in [6.45, 7) is 0. The van der Waals surface area contributed by atoms with Gasteiger partial charge in [-0.05, 0) is 0 Å². The van der Waals surface area contributed by atoms with Crippen LogP contribution in [0.3, 0.4) is 0 Å². The van der Waals surface area contributed by atoms with Gasteiger partial charge in [-0.15, -0.1) is 11.3 Å². The molecule has 2 atom stereocenters. The van der Waals surface area contributed by atoms with E-state index < -0.39 is 0 Å². The summed E-state index contributed by atoms with van der Waals surface area (Å²) >= 11 is 13.5. The summed E-state index contributed by atoms with van der Waals surface area (Å²) in [5.41, 5.74) is 10.3. The zero-order valence-electron chi connectivity index (χ0n) is 7.20. The van der Waals surface area contributed by atoms with Crippen LogP contribution in [-0.4, -0.2) is 0 Å². The predicted octanol–water partition coefficient (Wildman–Crippen LogP) is -4.97. The van der Waals surface area contributed by atoms with E-state index in [-0.39, 0.29) is 36.9 Å². The van der Waals surface area contributed by atoms with Crippen LogP contribution < -0.4 is 36.3 Å². The van der Waals surface area contributed by atoms with E-state index in [1.807, 2.05) is 0 Å². The highest BCUT2D eigenvalue weighted by molar-refractivity contribution is 7.20. The molecular formula is C7H10Cl4N2S. The van der Waals surface area contributed by atoms with E-state index in [4.69, 9.17) is 23.2 Å². The third-order valence-corrected chi connectivity index (χ3v) is 3.95. The van der Waals surface area contributed by atoms with Crippen LogP contribution >= 0.6 is 34.5 Å². The summed E-state index contributed by atoms with van der Waals surface area (Å²) in [5.74, 6) is 0. The van der Waals surface area contributed by atoms with E-state index in [0.29, 0.717) is 0 Å². The topological polar surface area (TPSA) is 55.3 Å². The molecule has 0 unspecified atom stereocenters. The molecule has 0 bridgehead atoms. The maximum Gasteiger partial charge on any atom is 0.119 e. The van der Waals surface area contributed by atoms with Crippen molar-refractivity contribution < 1.29 is 36.3 Å². The average molecular weight is 296 g/mol. The minimum atomic E-state index is 0. The van der Waals surface area contributed by atoms with Gasteiger partial charge in [0.05, 0.1) is 6.42 Å². The Morgan fingerprint density at radius 3 is 1.71 bits per heavy atom. The van der Waals surface area contributed by atoms with Gasteiger partial charge in [-0.25, -0.2) is 0 Å². The van der Waals surface area contributed by atoms with Gasteiger partial charge in [0.15, 0.2) is 0 Å². The lowest BCUT2D eigenvalue weighted by molar-refractivity contribution is -0.463. The first-order valence-corrected chi connectivity index (χ1v) is 5.32. The van der Waals surface area contributed by atoms with Crippen LogP contribution in [0.4, 0.5) is 0 Å². The first-order valence-electron chi connectivity index (χ1n) is 3.75. The van der Waals surface area contributed by atoms with E-state index in [9.17, 15) is 0 Å². The molecule has 0 aliphatic heterocycles. The maximum atomic E-state index is 6.02. The lowest BCUT2D eigenvalue weighted by Gasteiger charge is -1.97. The molecule has 0 spiro atoms. The molecule has 0 saturated carbocycles. The standard InChI is InChI=1S/C7H8Cl2N2S.2ClH/c8-6-4-2(10)1-3(11)5(4)7(9)12-6;;/h2-3H,1,10-11H2;2*1H/t2-,3+;;. The fraction of sp³-hybridized carbons (Fsp3) is 0.429. The van der Waals surface area contributed by atoms with E-state index >= 15 is 0 Å². The monoisotopic (exact) mass is 294 g/mol. The Morgan fingerprint density at radius 2 is 1.36 bits per heavy atom. The van der Waals surface area contributed by atoms with Crippen molar-refractivity contribution in [3.63, 3.8) is 0 Å². The van der Waals surface area contributed by atoms with Crippen LogP contribution in [0.25, 0.3) is 0 Å². The van der Waals surface area contributed by atoms with Crippen molar-refractivity contribution in [3.8, 4) is 0 Å². The zero-order valence-corrected chi connectivity index (χ0v) is 11.0. The molecule has 1 aliphatic rings. The van der Waals surface area contributed by atoms with Gasteiger partial charge in [-0.1, -0.05) is 23.2 Å². The number of fused-ring (bicyclic) bond motifs is 1. The zero-order chi connectivity index (χ0) is 8.88. The Morgan fingerprint density at radius 1 is 1.00 bits per heavy atom. The van der Waals surface area contributed by atoms with Crippen LogP contribution in [0.2, 0.25) is 8.67 Å². The highest BCUT2D eigenvalue weighted by Gasteiger charge is 2.37. The highest BCUT2D eigenvalue weighted by atomic mass is 35.5. The van der Waals surface area contributed by atoms with Gasteiger partial charge < -0.3 is 36.3 Å². The second kappa shape index (κ2) is 5.21. The van der Waals surface area contributed by atoms with Gasteiger partial charge in [0.2, 0.25) is 0 Å². The summed E-state index contributed by atoms with van der Waals surface area (Å²) < 4.78 is 1.59. The molecule has 6 N–H and O–H groups in total. The van der Waals surface area contributed by atoms with Crippen molar-refractivity contribution >= 4 is 34.5 Å². The minimum Gasteiger partial charge on any atom is -1.00 e. The molecule has 0 amide bonds. The number of quaternary nitrogens is 2. The van der Waals surface area contributed by atoms with Crippen molar-refractivity contribution in [3.05, 3.63) is 19.8 Å². The van der Waals surface area contributed by atoms with E-state index in [2.05, 4.69) is 11.5 Å². The molecule has 0 radical (unpaired) electrons. The molecule has 0 fully saturated rings. The van der Waals surface area contributed by atoms with Gasteiger partial charge in [-0.3, -0.25) is 0 Å². The number of halogens is 4. The van der Waals surface area contributed by atoms with Gasteiger partial charge in [-0.2, -0.15) is 0 Å². The highest BCUT2D eigenvalue weighted by Crippen LogP contribution is 2.47. The lowest BCUT2D eigenvalue weighted by Crippen LogP contribution is -3.00. The number of thiophene rings is 1. The van der Waals surface area contributed by atoms with E-state index in [1.54, 1.807) is 0 Å². The number of rotatable bonds is 0. The summed E-state index contributed by atoms with van der Waals surface area (Å²) in [6.07, 6.45) is 0.970. The fourth-order valence-corrected chi connectivity index (χ4v) is 3.76. The van der Waals surface area contributed by atoms with E-state index in [1.165, 1.54) is 11.3 Å². The molecule has 2 nitrogen and oxygen atoms in total. The van der Waals surface area contributed by atoms with Crippen LogP contribution in [0.15, 0.2) is 0 Å². The Labute approximate surface area is 109 Å². The first kappa shape index (κ1) is 14.8. The average Bonchev–Trinajstić information content (AvgIpc) is 2.38. The predicted molar refractivity (Wildman–Crippen MR) is 50.2 cm³/mol. The first-order chi connectivity index (χ1) is 5.61. The minimum absolute atomic E-state index is 0. The third kappa shape index (κ3) is 2.14. The summed E-state index contributed by atoms with van der Waals surface area (Å²) in [4.78, 5) is 0. The van der Waals surface area contributed by atoms with Crippen LogP contribution in [-0.2, 0) is 0 Å². The quantitative estimate of drug-likeness (QED) is 0.482. The van der Waals surface area contributed by atoms with Gasteiger partial charge in [0.1, 0.15) is 20.8 Å². The summed E-state index contributed by atoms with van der Waals surface area (Å²) in [6, 6.07) is 0.553. The second-order valence-electron chi connectivity index (χ2n) is 3.11. The summed E-state index contributed by atoms with van der Waals surface area (Å²) in [7, 11) is 0. The molecule has 0 saturated heterocycles. The molecule has 14 heavy (non-hydrogen) atoms. The maximum absolute atomic E-state index is 6.02. The van der Waals surface area contributed by atoms with Crippen molar-refractivity contribution in [2.45, 2.75) is 18.5 Å². The second-order valence-corrected chi connectivity index (χ2v) is 5.33. The summed E-state index contributed by atoms with van der Waals surface area (Å²) in [5, 5.41) is 0. The molecule has 0 aromatic carbocycles. The Hall–Kier alpha value is 0.780. The molecule has 1 aromatic heterocycles. The molecule has 1 heterocycles. The molecular weight excluding hydrogens is 286 g/mol. The molecule has 1 aromatic rings. The van der Waals surface area contributed by atoms with Gasteiger partial charge >= 0.3 is 0 Å². The number of hydrogen-bond acceptors (Lipinski definition) is 1. The normalized spacial score (nSPS) is 23.7. The van der Waals surface area contributed by atoms with Crippen molar-refractivity contribution in [2.24, 2.45) is 0 Å². The molecule has 1 aliphatic carbocycles. The Kier molecular flexibility index (Phi) is 5.50. The molecule has 82 valence electrons. The lowest BCUT2D eigenvalue weighted by atomic mass is 10.2. The van der Waals surface area contributed by atoms with Crippen molar-refractivity contribution in [2.75, 3.05) is 0 Å². The Balaban J connectivity index is 0.000000845. The largest absolute Gasteiger partial charge is 1.00 e. The van der Waals surface area contributed by atoms with Crippen molar-refractivity contribution in [1.29, 1.82) is 0 Å². The van der Waals surface area contributed by atoms with Crippen molar-refractivity contribution in [1.82, 2.24) is 0 Å². The third-order valence-electron chi connectivity index (χ3n) is 2.28. The van der Waals surface area contributed by atoms with Gasteiger partial charge in [0, 0.05) is 11.1 Å². The SMILES string of the molecule is [Cl-].[Cl-].[NH3+][C@@H]1C[C@H]([NH3+])c2c(Cl)sc(Cl)c21.